The molecule has 3 aromatic carbocycles. The maximum Gasteiger partial charge on any atom is 0.226 e. The summed E-state index contributed by atoms with van der Waals surface area (Å²) >= 11 is 0. The van der Waals surface area contributed by atoms with E-state index in [0.717, 1.165) is 33.7 Å². The van der Waals surface area contributed by atoms with Crippen molar-refractivity contribution in [1.82, 2.24) is 14.8 Å². The Hall–Kier alpha value is -4.26. The molecule has 2 unspecified atom stereocenters. The van der Waals surface area contributed by atoms with E-state index in [2.05, 4.69) is 52.7 Å². The van der Waals surface area contributed by atoms with Crippen LogP contribution in [0.25, 0.3) is 5.70 Å². The van der Waals surface area contributed by atoms with E-state index in [9.17, 15) is 0 Å². The van der Waals surface area contributed by atoms with E-state index in [4.69, 9.17) is 14.2 Å². The van der Waals surface area contributed by atoms with Crippen LogP contribution < -0.4 is 19.5 Å². The molecule has 1 aromatic heterocycles. The summed E-state index contributed by atoms with van der Waals surface area (Å²) in [4.78, 5) is 4.50. The fraction of sp³-hybridized carbons (Fsp3) is 0.185. The highest BCUT2D eigenvalue weighted by molar-refractivity contribution is 5.85. The molecule has 0 saturated heterocycles. The molecule has 0 saturated carbocycles. The van der Waals surface area contributed by atoms with Gasteiger partial charge in [-0.05, 0) is 30.7 Å². The number of anilines is 1. The lowest BCUT2D eigenvalue weighted by atomic mass is 9.84. The average Bonchev–Trinajstić information content (AvgIpc) is 3.34. The number of rotatable bonds is 4. The van der Waals surface area contributed by atoms with Crippen molar-refractivity contribution in [1.29, 1.82) is 0 Å². The minimum atomic E-state index is -0.337. The van der Waals surface area contributed by atoms with Crippen LogP contribution in [-0.2, 0) is 0 Å². The summed E-state index contributed by atoms with van der Waals surface area (Å²) in [6.45, 7) is 2.09. The van der Waals surface area contributed by atoms with Gasteiger partial charge in [0, 0.05) is 16.7 Å². The molecule has 4 aromatic rings. The van der Waals surface area contributed by atoms with Crippen LogP contribution in [0.3, 0.4) is 0 Å². The van der Waals surface area contributed by atoms with E-state index in [0.29, 0.717) is 17.4 Å². The van der Waals surface area contributed by atoms with Crippen molar-refractivity contribution in [2.45, 2.75) is 19.1 Å². The zero-order valence-corrected chi connectivity index (χ0v) is 19.1. The van der Waals surface area contributed by atoms with Gasteiger partial charge in [-0.15, -0.1) is 0 Å². The number of hydrogen-bond donors (Lipinski definition) is 1. The van der Waals surface area contributed by atoms with Crippen LogP contribution in [0.5, 0.6) is 17.2 Å². The summed E-state index contributed by atoms with van der Waals surface area (Å²) < 4.78 is 20.0. The quantitative estimate of drug-likeness (QED) is 0.461. The van der Waals surface area contributed by atoms with Gasteiger partial charge in [0.1, 0.15) is 24.2 Å². The molecule has 3 heterocycles. The van der Waals surface area contributed by atoms with Crippen LogP contribution in [0.15, 0.2) is 78.6 Å². The molecule has 0 radical (unpaired) electrons. The van der Waals surface area contributed by atoms with Gasteiger partial charge in [0.05, 0.1) is 19.9 Å². The lowest BCUT2D eigenvalue weighted by Crippen LogP contribution is -2.32. The number of hydrogen-bond acceptors (Lipinski definition) is 6. The molecule has 2 aliphatic rings. The third-order valence-corrected chi connectivity index (χ3v) is 6.39. The van der Waals surface area contributed by atoms with Gasteiger partial charge in [0.25, 0.3) is 0 Å². The summed E-state index contributed by atoms with van der Waals surface area (Å²) in [5.41, 5.74) is 6.16. The van der Waals surface area contributed by atoms with Crippen LogP contribution in [0.2, 0.25) is 0 Å². The molecule has 170 valence electrons. The Balaban J connectivity index is 1.66. The zero-order valence-electron chi connectivity index (χ0n) is 19.1. The standard InChI is InChI=1S/C27H24N4O3/c1-16-8-6-9-17(14-16)25-22-23(18-10-4-5-12-20(18)34-25)30-27-28-15-29-31(27)24(22)19-11-7-13-21(32-2)26(19)33-3/h4-15,24-25H,1-3H3,(H,28,29,30). The van der Waals surface area contributed by atoms with Crippen LogP contribution in [0.1, 0.15) is 34.4 Å². The van der Waals surface area contributed by atoms with Gasteiger partial charge in [0.15, 0.2) is 11.5 Å². The first kappa shape index (κ1) is 20.4. The highest BCUT2D eigenvalue weighted by atomic mass is 16.5. The Kier molecular flexibility index (Phi) is 4.76. The second kappa shape index (κ2) is 7.95. The van der Waals surface area contributed by atoms with Gasteiger partial charge < -0.3 is 19.5 Å². The summed E-state index contributed by atoms with van der Waals surface area (Å²) in [6, 6.07) is 22.1. The van der Waals surface area contributed by atoms with E-state index in [-0.39, 0.29) is 12.1 Å². The molecule has 1 N–H and O–H groups in total. The number of aryl methyl sites for hydroxylation is 1. The molecule has 2 atom stereocenters. The second-order valence-corrected chi connectivity index (χ2v) is 8.38. The Morgan fingerprint density at radius 1 is 0.971 bits per heavy atom. The van der Waals surface area contributed by atoms with Gasteiger partial charge in [-0.1, -0.05) is 54.1 Å². The third-order valence-electron chi connectivity index (χ3n) is 6.39. The van der Waals surface area contributed by atoms with Crippen molar-refractivity contribution in [2.24, 2.45) is 0 Å². The molecule has 7 nitrogen and oxygen atoms in total. The molecule has 2 aliphatic heterocycles. The zero-order chi connectivity index (χ0) is 23.2. The minimum absolute atomic E-state index is 0.322. The number of fused-ring (bicyclic) bond motifs is 3. The van der Waals surface area contributed by atoms with Crippen LogP contribution in [-0.4, -0.2) is 29.0 Å². The first-order chi connectivity index (χ1) is 16.7. The molecular weight excluding hydrogens is 428 g/mol. The van der Waals surface area contributed by atoms with Crippen molar-refractivity contribution in [3.63, 3.8) is 0 Å². The van der Waals surface area contributed by atoms with Crippen LogP contribution in [0.4, 0.5) is 5.95 Å². The smallest absolute Gasteiger partial charge is 0.226 e. The number of nitrogens with one attached hydrogen (secondary N) is 1. The number of methoxy groups -OCH3 is 2. The fourth-order valence-electron chi connectivity index (χ4n) is 4.95. The molecular formula is C27H24N4O3. The molecule has 34 heavy (non-hydrogen) atoms. The van der Waals surface area contributed by atoms with Crippen molar-refractivity contribution in [2.75, 3.05) is 19.5 Å². The summed E-state index contributed by atoms with van der Waals surface area (Å²) in [7, 11) is 3.30. The normalized spacial score (nSPS) is 18.2. The average molecular weight is 453 g/mol. The predicted octanol–water partition coefficient (Wildman–Crippen LogP) is 5.16. The fourth-order valence-corrected chi connectivity index (χ4v) is 4.95. The predicted molar refractivity (Wildman–Crippen MR) is 129 cm³/mol. The SMILES string of the molecule is COc1cccc(C2C3=C(Nc4ncnn42)c2ccccc2OC3c2cccc(C)c2)c1OC. The Bertz CT molecular complexity index is 1420. The Morgan fingerprint density at radius 3 is 2.65 bits per heavy atom. The van der Waals surface area contributed by atoms with Crippen LogP contribution >= 0.6 is 0 Å². The highest BCUT2D eigenvalue weighted by Crippen LogP contribution is 2.52. The summed E-state index contributed by atoms with van der Waals surface area (Å²) in [5, 5.41) is 8.13. The van der Waals surface area contributed by atoms with Crippen molar-refractivity contribution in [3.8, 4) is 17.2 Å². The maximum atomic E-state index is 6.68. The number of benzene rings is 3. The topological polar surface area (TPSA) is 70.4 Å². The lowest BCUT2D eigenvalue weighted by Gasteiger charge is -2.39. The summed E-state index contributed by atoms with van der Waals surface area (Å²) in [6.07, 6.45) is 1.23. The monoisotopic (exact) mass is 452 g/mol. The van der Waals surface area contributed by atoms with E-state index in [1.54, 1.807) is 20.5 Å². The van der Waals surface area contributed by atoms with Crippen molar-refractivity contribution in [3.05, 3.63) is 101 Å². The molecule has 0 fully saturated rings. The molecule has 0 spiro atoms. The number of para-hydroxylation sites is 2. The Labute approximate surface area is 197 Å². The molecule has 6 rings (SSSR count). The van der Waals surface area contributed by atoms with E-state index < -0.39 is 0 Å². The maximum absolute atomic E-state index is 6.68. The lowest BCUT2D eigenvalue weighted by molar-refractivity contribution is 0.222. The minimum Gasteiger partial charge on any atom is -0.493 e. The number of ether oxygens (including phenoxy) is 3. The molecule has 7 heteroatoms. The molecule has 0 bridgehead atoms. The van der Waals surface area contributed by atoms with E-state index in [1.165, 1.54) is 5.56 Å². The first-order valence-electron chi connectivity index (χ1n) is 11.1. The molecule has 0 aliphatic carbocycles. The van der Waals surface area contributed by atoms with Crippen molar-refractivity contribution >= 4 is 11.6 Å². The Morgan fingerprint density at radius 2 is 1.82 bits per heavy atom. The van der Waals surface area contributed by atoms with Gasteiger partial charge in [-0.3, -0.25) is 0 Å². The van der Waals surface area contributed by atoms with E-state index in [1.807, 2.05) is 41.1 Å². The van der Waals surface area contributed by atoms with Crippen molar-refractivity contribution < 1.29 is 14.2 Å². The highest BCUT2D eigenvalue weighted by Gasteiger charge is 2.42. The van der Waals surface area contributed by atoms with Gasteiger partial charge in [-0.2, -0.15) is 10.1 Å². The third kappa shape index (κ3) is 3.04. The van der Waals surface area contributed by atoms with E-state index >= 15 is 0 Å². The molecule has 0 amide bonds. The van der Waals surface area contributed by atoms with Gasteiger partial charge in [0.2, 0.25) is 5.95 Å². The second-order valence-electron chi connectivity index (χ2n) is 8.38. The van der Waals surface area contributed by atoms with Gasteiger partial charge >= 0.3 is 0 Å². The first-order valence-corrected chi connectivity index (χ1v) is 11.1. The largest absolute Gasteiger partial charge is 0.493 e. The summed E-state index contributed by atoms with van der Waals surface area (Å²) in [5.74, 6) is 2.80. The number of nitrogens with zero attached hydrogens (tertiary/aromatic N) is 3. The van der Waals surface area contributed by atoms with Gasteiger partial charge in [-0.25, -0.2) is 4.68 Å². The van der Waals surface area contributed by atoms with Crippen LogP contribution in [0, 0.1) is 6.92 Å². The number of aromatic nitrogens is 3.